The monoisotopic (exact) mass is 286 g/mol. The highest BCUT2D eigenvalue weighted by atomic mass is 32.1. The van der Waals surface area contributed by atoms with Crippen molar-refractivity contribution in [3.8, 4) is 11.8 Å². The molecule has 0 bridgehead atoms. The van der Waals surface area contributed by atoms with E-state index >= 15 is 0 Å². The molecular formula is C16H18N2OS. The fraction of sp³-hybridized carbons (Fsp3) is 0.312. The van der Waals surface area contributed by atoms with Gasteiger partial charge in [-0.25, -0.2) is 0 Å². The fourth-order valence-electron chi connectivity index (χ4n) is 1.89. The summed E-state index contributed by atoms with van der Waals surface area (Å²) in [6.45, 7) is 1.85. The lowest BCUT2D eigenvalue weighted by molar-refractivity contribution is 0.334. The van der Waals surface area contributed by atoms with Crippen LogP contribution in [0.25, 0.3) is 0 Å². The third kappa shape index (κ3) is 4.78. The highest BCUT2D eigenvalue weighted by molar-refractivity contribution is 7.10. The van der Waals surface area contributed by atoms with E-state index in [0.29, 0.717) is 0 Å². The maximum Gasteiger partial charge on any atom is 0.104 e. The Morgan fingerprint density at radius 1 is 1.35 bits per heavy atom. The zero-order chi connectivity index (χ0) is 14.2. The predicted octanol–water partition coefficient (Wildman–Crippen LogP) is 2.16. The first-order chi connectivity index (χ1) is 9.78. The number of hydrogen-bond donors (Lipinski definition) is 1. The SMILES string of the molecule is CN(CCc1ccncc1)Cc1cc(C#CCO)cs1. The molecular weight excluding hydrogens is 268 g/mol. The molecule has 2 aromatic rings. The first kappa shape index (κ1) is 14.7. The van der Waals surface area contributed by atoms with E-state index in [2.05, 4.69) is 47.0 Å². The molecule has 0 unspecified atom stereocenters. The fourth-order valence-corrected chi connectivity index (χ4v) is 2.78. The summed E-state index contributed by atoms with van der Waals surface area (Å²) in [5.74, 6) is 5.60. The largest absolute Gasteiger partial charge is 0.384 e. The quantitative estimate of drug-likeness (QED) is 0.856. The molecule has 0 spiro atoms. The Kier molecular flexibility index (Phi) is 5.75. The van der Waals surface area contributed by atoms with Gasteiger partial charge in [-0.3, -0.25) is 4.98 Å². The average Bonchev–Trinajstić information content (AvgIpc) is 2.91. The first-order valence-electron chi connectivity index (χ1n) is 6.52. The van der Waals surface area contributed by atoms with Gasteiger partial charge in [-0.05, 0) is 37.2 Å². The van der Waals surface area contributed by atoms with E-state index in [1.54, 1.807) is 11.3 Å². The molecule has 2 aromatic heterocycles. The van der Waals surface area contributed by atoms with Gasteiger partial charge in [0.15, 0.2) is 0 Å². The summed E-state index contributed by atoms with van der Waals surface area (Å²) in [6.07, 6.45) is 4.70. The number of pyridine rings is 1. The van der Waals surface area contributed by atoms with Crippen molar-refractivity contribution in [2.45, 2.75) is 13.0 Å². The molecule has 0 aliphatic carbocycles. The van der Waals surface area contributed by atoms with E-state index in [1.165, 1.54) is 10.4 Å². The van der Waals surface area contributed by atoms with Crippen molar-refractivity contribution in [2.75, 3.05) is 20.2 Å². The van der Waals surface area contributed by atoms with Crippen molar-refractivity contribution >= 4 is 11.3 Å². The molecule has 0 fully saturated rings. The second-order valence-electron chi connectivity index (χ2n) is 4.60. The van der Waals surface area contributed by atoms with Crippen molar-refractivity contribution in [3.63, 3.8) is 0 Å². The number of hydrogen-bond acceptors (Lipinski definition) is 4. The zero-order valence-electron chi connectivity index (χ0n) is 11.5. The van der Waals surface area contributed by atoms with Gasteiger partial charge in [0.2, 0.25) is 0 Å². The summed E-state index contributed by atoms with van der Waals surface area (Å²) < 4.78 is 0. The Morgan fingerprint density at radius 3 is 2.90 bits per heavy atom. The molecule has 1 N–H and O–H groups in total. The molecule has 3 nitrogen and oxygen atoms in total. The number of nitrogens with zero attached hydrogens (tertiary/aromatic N) is 2. The Bertz CT molecular complexity index is 583. The maximum absolute atomic E-state index is 8.68. The molecule has 4 heteroatoms. The number of aliphatic hydroxyl groups is 1. The highest BCUT2D eigenvalue weighted by Gasteiger charge is 2.03. The summed E-state index contributed by atoms with van der Waals surface area (Å²) in [6, 6.07) is 6.21. The summed E-state index contributed by atoms with van der Waals surface area (Å²) in [4.78, 5) is 7.62. The molecule has 0 aromatic carbocycles. The van der Waals surface area contributed by atoms with Crippen LogP contribution in [-0.4, -0.2) is 35.2 Å². The molecule has 0 atom stereocenters. The molecule has 0 saturated heterocycles. The van der Waals surface area contributed by atoms with Crippen LogP contribution < -0.4 is 0 Å². The molecule has 0 aliphatic rings. The van der Waals surface area contributed by atoms with Gasteiger partial charge < -0.3 is 10.0 Å². The van der Waals surface area contributed by atoms with Crippen molar-refractivity contribution < 1.29 is 5.11 Å². The van der Waals surface area contributed by atoms with Crippen LogP contribution >= 0.6 is 11.3 Å². The van der Waals surface area contributed by atoms with Crippen LogP contribution in [0.1, 0.15) is 16.0 Å². The Labute approximate surface area is 123 Å². The minimum Gasteiger partial charge on any atom is -0.384 e. The first-order valence-corrected chi connectivity index (χ1v) is 7.40. The topological polar surface area (TPSA) is 36.4 Å². The summed E-state index contributed by atoms with van der Waals surface area (Å²) in [5, 5.41) is 10.7. The summed E-state index contributed by atoms with van der Waals surface area (Å²) in [7, 11) is 2.12. The minimum absolute atomic E-state index is 0.0863. The van der Waals surface area contributed by atoms with Gasteiger partial charge in [0.25, 0.3) is 0 Å². The molecule has 0 radical (unpaired) electrons. The molecule has 2 rings (SSSR count). The molecule has 0 amide bonds. The van der Waals surface area contributed by atoms with Crippen LogP contribution in [-0.2, 0) is 13.0 Å². The lowest BCUT2D eigenvalue weighted by Crippen LogP contribution is -2.20. The van der Waals surface area contributed by atoms with Crippen LogP contribution in [0.3, 0.4) is 0 Å². The second kappa shape index (κ2) is 7.81. The molecule has 0 saturated carbocycles. The van der Waals surface area contributed by atoms with E-state index in [9.17, 15) is 0 Å². The average molecular weight is 286 g/mol. The van der Waals surface area contributed by atoms with E-state index in [4.69, 9.17) is 5.11 Å². The Balaban J connectivity index is 1.82. The number of thiophene rings is 1. The van der Waals surface area contributed by atoms with Gasteiger partial charge in [0.1, 0.15) is 6.61 Å². The van der Waals surface area contributed by atoms with E-state index in [1.807, 2.05) is 17.8 Å². The third-order valence-electron chi connectivity index (χ3n) is 2.92. The van der Waals surface area contributed by atoms with Crippen molar-refractivity contribution in [1.29, 1.82) is 0 Å². The predicted molar refractivity (Wildman–Crippen MR) is 82.6 cm³/mol. The molecule has 20 heavy (non-hydrogen) atoms. The van der Waals surface area contributed by atoms with Crippen LogP contribution in [0.5, 0.6) is 0 Å². The highest BCUT2D eigenvalue weighted by Crippen LogP contribution is 2.15. The normalized spacial score (nSPS) is 10.3. The van der Waals surface area contributed by atoms with Crippen LogP contribution in [0.15, 0.2) is 36.0 Å². The van der Waals surface area contributed by atoms with E-state index < -0.39 is 0 Å². The third-order valence-corrected chi connectivity index (χ3v) is 3.84. The lowest BCUT2D eigenvalue weighted by Gasteiger charge is -2.15. The van der Waals surface area contributed by atoms with Gasteiger partial charge in [0.05, 0.1) is 0 Å². The smallest absolute Gasteiger partial charge is 0.104 e. The van der Waals surface area contributed by atoms with Crippen molar-refractivity contribution in [1.82, 2.24) is 9.88 Å². The van der Waals surface area contributed by atoms with E-state index in [0.717, 1.165) is 25.1 Å². The van der Waals surface area contributed by atoms with Gasteiger partial charge in [-0.15, -0.1) is 11.3 Å². The molecule has 104 valence electrons. The number of aromatic nitrogens is 1. The van der Waals surface area contributed by atoms with Gasteiger partial charge in [0, 0.05) is 41.3 Å². The van der Waals surface area contributed by atoms with Gasteiger partial charge >= 0.3 is 0 Å². The number of likely N-dealkylation sites (N-methyl/N-ethyl adjacent to an activating group) is 1. The Hall–Kier alpha value is -1.67. The standard InChI is InChI=1S/C16H18N2OS/c1-18(9-6-14-4-7-17-8-5-14)12-16-11-15(13-20-16)3-2-10-19/h4-5,7-8,11,13,19H,6,9-10,12H2,1H3. The van der Waals surface area contributed by atoms with E-state index in [-0.39, 0.29) is 6.61 Å². The zero-order valence-corrected chi connectivity index (χ0v) is 12.4. The lowest BCUT2D eigenvalue weighted by atomic mass is 10.2. The minimum atomic E-state index is -0.0863. The van der Waals surface area contributed by atoms with Crippen LogP contribution in [0.2, 0.25) is 0 Å². The van der Waals surface area contributed by atoms with Gasteiger partial charge in [-0.1, -0.05) is 11.8 Å². The summed E-state index contributed by atoms with van der Waals surface area (Å²) >= 11 is 1.71. The molecule has 0 aliphatic heterocycles. The molecule has 2 heterocycles. The van der Waals surface area contributed by atoms with Gasteiger partial charge in [-0.2, -0.15) is 0 Å². The summed E-state index contributed by atoms with van der Waals surface area (Å²) in [5.41, 5.74) is 2.30. The second-order valence-corrected chi connectivity index (χ2v) is 5.60. The van der Waals surface area contributed by atoms with Crippen molar-refractivity contribution in [2.24, 2.45) is 0 Å². The number of rotatable bonds is 5. The van der Waals surface area contributed by atoms with Crippen LogP contribution in [0.4, 0.5) is 0 Å². The number of aliphatic hydroxyl groups excluding tert-OH is 1. The van der Waals surface area contributed by atoms with Crippen molar-refractivity contribution in [3.05, 3.63) is 52.0 Å². The Morgan fingerprint density at radius 2 is 2.15 bits per heavy atom. The maximum atomic E-state index is 8.68. The van der Waals surface area contributed by atoms with Crippen LogP contribution in [0, 0.1) is 11.8 Å².